The van der Waals surface area contributed by atoms with Crippen LogP contribution in [0.4, 0.5) is 5.69 Å². The molecule has 0 aliphatic rings. The first kappa shape index (κ1) is 16.2. The largest absolute Gasteiger partial charge is 0.462 e. The van der Waals surface area contributed by atoms with Gasteiger partial charge in [-0.1, -0.05) is 0 Å². The van der Waals surface area contributed by atoms with Crippen LogP contribution in [0.5, 0.6) is 0 Å². The topological polar surface area (TPSA) is 80.4 Å². The SMILES string of the molecule is CCOC(=O)c1c(NC(=O)CCC(C)OC)c[nH]c1C. The Hall–Kier alpha value is -1.82. The number of hydrogen-bond donors (Lipinski definition) is 2. The fourth-order valence-electron chi connectivity index (χ4n) is 1.76. The van der Waals surface area contributed by atoms with E-state index < -0.39 is 5.97 Å². The van der Waals surface area contributed by atoms with E-state index in [4.69, 9.17) is 9.47 Å². The summed E-state index contributed by atoms with van der Waals surface area (Å²) in [7, 11) is 1.61. The highest BCUT2D eigenvalue weighted by Crippen LogP contribution is 2.20. The molecule has 1 atom stereocenters. The summed E-state index contributed by atoms with van der Waals surface area (Å²) < 4.78 is 10.1. The molecule has 1 unspecified atom stereocenters. The van der Waals surface area contributed by atoms with Crippen molar-refractivity contribution in [2.75, 3.05) is 19.0 Å². The fourth-order valence-corrected chi connectivity index (χ4v) is 1.76. The molecule has 0 fully saturated rings. The van der Waals surface area contributed by atoms with Gasteiger partial charge in [0.1, 0.15) is 5.56 Å². The maximum Gasteiger partial charge on any atom is 0.342 e. The van der Waals surface area contributed by atoms with Gasteiger partial charge in [-0.05, 0) is 27.2 Å². The zero-order chi connectivity index (χ0) is 15.1. The Bertz CT molecular complexity index is 468. The lowest BCUT2D eigenvalue weighted by atomic mass is 10.2. The van der Waals surface area contributed by atoms with E-state index in [0.717, 1.165) is 0 Å². The average Bonchev–Trinajstić information content (AvgIpc) is 2.77. The van der Waals surface area contributed by atoms with Crippen molar-refractivity contribution in [1.29, 1.82) is 0 Å². The van der Waals surface area contributed by atoms with Crippen LogP contribution in [0.15, 0.2) is 6.20 Å². The van der Waals surface area contributed by atoms with Crippen molar-refractivity contribution in [2.24, 2.45) is 0 Å². The van der Waals surface area contributed by atoms with E-state index in [0.29, 0.717) is 36.4 Å². The average molecular weight is 282 g/mol. The lowest BCUT2D eigenvalue weighted by molar-refractivity contribution is -0.116. The Kier molecular flexibility index (Phi) is 6.24. The molecule has 1 heterocycles. The molecule has 2 N–H and O–H groups in total. The lowest BCUT2D eigenvalue weighted by Crippen LogP contribution is -2.17. The minimum atomic E-state index is -0.438. The maximum atomic E-state index is 11.8. The smallest absolute Gasteiger partial charge is 0.342 e. The van der Waals surface area contributed by atoms with Gasteiger partial charge in [0.05, 0.1) is 18.4 Å². The van der Waals surface area contributed by atoms with E-state index in [1.165, 1.54) is 0 Å². The Labute approximate surface area is 118 Å². The second-order valence-electron chi connectivity index (χ2n) is 4.56. The van der Waals surface area contributed by atoms with Gasteiger partial charge in [0.2, 0.25) is 5.91 Å². The number of carbonyl (C=O) groups is 2. The summed E-state index contributed by atoms with van der Waals surface area (Å²) in [6.45, 7) is 5.69. The molecule has 1 aromatic heterocycles. The van der Waals surface area contributed by atoms with Gasteiger partial charge in [-0.2, -0.15) is 0 Å². The second-order valence-corrected chi connectivity index (χ2v) is 4.56. The molecule has 1 aromatic rings. The molecular weight excluding hydrogens is 260 g/mol. The van der Waals surface area contributed by atoms with E-state index >= 15 is 0 Å². The number of aromatic amines is 1. The van der Waals surface area contributed by atoms with Gasteiger partial charge in [0, 0.05) is 25.4 Å². The third kappa shape index (κ3) is 4.38. The molecule has 6 nitrogen and oxygen atoms in total. The van der Waals surface area contributed by atoms with Gasteiger partial charge in [-0.25, -0.2) is 4.79 Å². The number of rotatable bonds is 7. The van der Waals surface area contributed by atoms with Crippen LogP contribution in [-0.2, 0) is 14.3 Å². The summed E-state index contributed by atoms with van der Waals surface area (Å²) in [5, 5.41) is 2.72. The predicted molar refractivity (Wildman–Crippen MR) is 75.8 cm³/mol. The first-order valence-electron chi connectivity index (χ1n) is 6.67. The van der Waals surface area contributed by atoms with Crippen LogP contribution in [0.25, 0.3) is 0 Å². The first-order chi connectivity index (χ1) is 9.49. The van der Waals surface area contributed by atoms with Crippen molar-refractivity contribution in [2.45, 2.75) is 39.7 Å². The molecule has 20 heavy (non-hydrogen) atoms. The van der Waals surface area contributed by atoms with Crippen LogP contribution in [0, 0.1) is 6.92 Å². The van der Waals surface area contributed by atoms with Crippen molar-refractivity contribution >= 4 is 17.6 Å². The summed E-state index contributed by atoms with van der Waals surface area (Å²) in [5.74, 6) is -0.592. The summed E-state index contributed by atoms with van der Waals surface area (Å²) in [6.07, 6.45) is 2.58. The predicted octanol–water partition coefficient (Wildman–Crippen LogP) is 2.25. The minimum Gasteiger partial charge on any atom is -0.462 e. The summed E-state index contributed by atoms with van der Waals surface area (Å²) in [6, 6.07) is 0. The van der Waals surface area contributed by atoms with Gasteiger partial charge < -0.3 is 19.8 Å². The number of carbonyl (C=O) groups excluding carboxylic acids is 2. The van der Waals surface area contributed by atoms with Crippen LogP contribution < -0.4 is 5.32 Å². The molecule has 0 radical (unpaired) electrons. The van der Waals surface area contributed by atoms with Crippen molar-refractivity contribution < 1.29 is 19.1 Å². The zero-order valence-corrected chi connectivity index (χ0v) is 12.4. The third-order valence-corrected chi connectivity index (χ3v) is 3.01. The van der Waals surface area contributed by atoms with Gasteiger partial charge >= 0.3 is 5.97 Å². The summed E-state index contributed by atoms with van der Waals surface area (Å²) in [5.41, 5.74) is 1.50. The fraction of sp³-hybridized carbons (Fsp3) is 0.571. The van der Waals surface area contributed by atoms with E-state index in [1.807, 2.05) is 6.92 Å². The number of ether oxygens (including phenoxy) is 2. The van der Waals surface area contributed by atoms with E-state index in [9.17, 15) is 9.59 Å². The maximum absolute atomic E-state index is 11.8. The van der Waals surface area contributed by atoms with Gasteiger partial charge in [0.15, 0.2) is 0 Å². The van der Waals surface area contributed by atoms with Gasteiger partial charge in [-0.15, -0.1) is 0 Å². The molecule has 6 heteroatoms. The van der Waals surface area contributed by atoms with Crippen molar-refractivity contribution in [3.63, 3.8) is 0 Å². The van der Waals surface area contributed by atoms with E-state index in [2.05, 4.69) is 10.3 Å². The number of hydrogen-bond acceptors (Lipinski definition) is 4. The first-order valence-corrected chi connectivity index (χ1v) is 6.67. The third-order valence-electron chi connectivity index (χ3n) is 3.01. The highest BCUT2D eigenvalue weighted by molar-refractivity contribution is 6.02. The molecule has 0 saturated carbocycles. The monoisotopic (exact) mass is 282 g/mol. The molecule has 1 rings (SSSR count). The van der Waals surface area contributed by atoms with Crippen molar-refractivity contribution in [1.82, 2.24) is 4.98 Å². The molecule has 1 amide bonds. The number of methoxy groups -OCH3 is 1. The highest BCUT2D eigenvalue weighted by atomic mass is 16.5. The summed E-state index contributed by atoms with van der Waals surface area (Å²) in [4.78, 5) is 26.6. The number of nitrogens with one attached hydrogen (secondary N) is 2. The standard InChI is InChI=1S/C14H22N2O4/c1-5-20-14(18)13-10(3)15-8-11(13)16-12(17)7-6-9(2)19-4/h8-9,15H,5-7H2,1-4H3,(H,16,17). The van der Waals surface area contributed by atoms with E-state index in [-0.39, 0.29) is 12.0 Å². The molecule has 0 aromatic carbocycles. The normalized spacial score (nSPS) is 12.0. The van der Waals surface area contributed by atoms with E-state index in [1.54, 1.807) is 27.2 Å². The molecule has 0 spiro atoms. The quantitative estimate of drug-likeness (QED) is 0.752. The van der Waals surface area contributed by atoms with Crippen molar-refractivity contribution in [3.8, 4) is 0 Å². The number of H-pyrrole nitrogens is 1. The zero-order valence-electron chi connectivity index (χ0n) is 12.4. The van der Waals surface area contributed by atoms with Crippen LogP contribution >= 0.6 is 0 Å². The number of aromatic nitrogens is 1. The van der Waals surface area contributed by atoms with Crippen LogP contribution in [0.1, 0.15) is 42.7 Å². The lowest BCUT2D eigenvalue weighted by Gasteiger charge is -2.10. The highest BCUT2D eigenvalue weighted by Gasteiger charge is 2.19. The number of amides is 1. The number of aryl methyl sites for hydroxylation is 1. The number of anilines is 1. The Morgan fingerprint density at radius 3 is 2.75 bits per heavy atom. The van der Waals surface area contributed by atoms with Crippen molar-refractivity contribution in [3.05, 3.63) is 17.5 Å². The molecular formula is C14H22N2O4. The Morgan fingerprint density at radius 2 is 2.15 bits per heavy atom. The molecule has 0 aliphatic heterocycles. The van der Waals surface area contributed by atoms with Gasteiger partial charge in [-0.3, -0.25) is 4.79 Å². The Morgan fingerprint density at radius 1 is 1.45 bits per heavy atom. The number of esters is 1. The summed E-state index contributed by atoms with van der Waals surface area (Å²) >= 11 is 0. The van der Waals surface area contributed by atoms with Crippen LogP contribution in [0.2, 0.25) is 0 Å². The molecule has 112 valence electrons. The molecule has 0 saturated heterocycles. The molecule has 0 aliphatic carbocycles. The Balaban J connectivity index is 2.68. The van der Waals surface area contributed by atoms with Crippen LogP contribution in [0.3, 0.4) is 0 Å². The molecule has 0 bridgehead atoms. The minimum absolute atomic E-state index is 0.0261. The van der Waals surface area contributed by atoms with Gasteiger partial charge in [0.25, 0.3) is 0 Å². The second kappa shape index (κ2) is 7.69. The van der Waals surface area contributed by atoms with Crippen LogP contribution in [-0.4, -0.2) is 36.7 Å².